The molecule has 0 heterocycles. The van der Waals surface area contributed by atoms with Crippen molar-refractivity contribution < 1.29 is 104 Å². The van der Waals surface area contributed by atoms with Crippen molar-refractivity contribution in [2.45, 2.75) is 13.8 Å². The summed E-state index contributed by atoms with van der Waals surface area (Å²) in [6, 6.07) is 12.4. The fourth-order valence-electron chi connectivity index (χ4n) is 2.23. The number of benzene rings is 2. The normalized spacial score (nSPS) is 8.68. The number of rotatable bonds is 7. The molecule has 0 unspecified atom stereocenters. The van der Waals surface area contributed by atoms with Crippen molar-refractivity contribution >= 4 is 29.7 Å². The Labute approximate surface area is 273 Å². The molecule has 0 fully saturated rings. The van der Waals surface area contributed by atoms with E-state index in [-0.39, 0.29) is 89.7 Å². The van der Waals surface area contributed by atoms with Crippen LogP contribution >= 0.6 is 0 Å². The van der Waals surface area contributed by atoms with Gasteiger partial charge in [-0.05, 0) is 62.4 Å². The Morgan fingerprint density at radius 3 is 1.16 bits per heavy atom. The number of nitrogens with two attached hydrogens (primary N) is 1. The predicted molar refractivity (Wildman–Crippen MR) is 132 cm³/mol. The van der Waals surface area contributed by atoms with Crippen LogP contribution in [-0.2, 0) is 84.4 Å². The zero-order chi connectivity index (χ0) is 27.5. The number of nitrogens with one attached hydrogen (secondary N) is 2. The van der Waals surface area contributed by atoms with Crippen LogP contribution in [0.15, 0.2) is 48.5 Å². The monoisotopic (exact) mass is 679 g/mol. The third-order valence-electron chi connectivity index (χ3n) is 4.03. The molecular formula is C25H31N3O8Y2-2. The molecule has 13 heteroatoms. The second kappa shape index (κ2) is 24.0. The van der Waals surface area contributed by atoms with Crippen LogP contribution in [0.2, 0.25) is 0 Å². The van der Waals surface area contributed by atoms with E-state index in [9.17, 15) is 24.0 Å². The molecule has 0 aromatic heterocycles. The Balaban J connectivity index is -0.000000513. The maximum Gasteiger partial charge on any atom is 0.338 e. The molecule has 4 N–H and O–H groups in total. The first kappa shape index (κ1) is 40.5. The zero-order valence-corrected chi connectivity index (χ0v) is 27.3. The van der Waals surface area contributed by atoms with Gasteiger partial charge in [-0.3, -0.25) is 28.5 Å². The van der Waals surface area contributed by atoms with Crippen molar-refractivity contribution in [1.29, 1.82) is 0 Å². The Bertz CT molecular complexity index is 923. The van der Waals surface area contributed by atoms with Crippen LogP contribution in [-0.4, -0.2) is 56.6 Å². The van der Waals surface area contributed by atoms with E-state index < -0.39 is 11.9 Å². The van der Waals surface area contributed by atoms with Crippen molar-refractivity contribution in [3.63, 3.8) is 0 Å². The molecule has 2 rings (SSSR count). The van der Waals surface area contributed by atoms with Crippen LogP contribution in [0.25, 0.3) is 0 Å². The SMILES string of the molecule is CCOC(=O)c1ccc(C(=O)OCC)cc1.COC(=O)CN.[CH2-]NC(=O)c1ccc(C(=O)N[CH2-])cc1.[Y].[Y]. The van der Waals surface area contributed by atoms with E-state index in [1.165, 1.54) is 7.11 Å². The third kappa shape index (κ3) is 16.0. The van der Waals surface area contributed by atoms with Crippen molar-refractivity contribution in [2.24, 2.45) is 5.73 Å². The molecule has 0 saturated carbocycles. The fraction of sp³-hybridized carbons (Fsp3) is 0.240. The quantitative estimate of drug-likeness (QED) is 0.225. The summed E-state index contributed by atoms with van der Waals surface area (Å²) in [5.41, 5.74) is 6.58. The average molecular weight is 679 g/mol. The largest absolute Gasteiger partial charge is 0.504 e. The van der Waals surface area contributed by atoms with E-state index >= 15 is 0 Å². The molecular weight excluding hydrogens is 648 g/mol. The number of hydrogen-bond donors (Lipinski definition) is 3. The molecule has 0 aliphatic carbocycles. The van der Waals surface area contributed by atoms with Gasteiger partial charge in [0.25, 0.3) is 0 Å². The number of carbonyl (C=O) groups excluding carboxylic acids is 5. The minimum Gasteiger partial charge on any atom is -0.504 e. The van der Waals surface area contributed by atoms with E-state index in [1.807, 2.05) is 0 Å². The maximum atomic E-state index is 11.3. The molecule has 0 saturated heterocycles. The number of ether oxygens (including phenoxy) is 3. The van der Waals surface area contributed by atoms with Gasteiger partial charge >= 0.3 is 17.9 Å². The molecule has 0 atom stereocenters. The van der Waals surface area contributed by atoms with E-state index in [1.54, 1.807) is 62.4 Å². The van der Waals surface area contributed by atoms with E-state index in [0.29, 0.717) is 35.5 Å². The molecule has 2 amide bonds. The minimum atomic E-state index is -0.391. The number of hydrogen-bond acceptors (Lipinski definition) is 9. The first-order valence-corrected chi connectivity index (χ1v) is 10.6. The Morgan fingerprint density at radius 1 is 0.684 bits per heavy atom. The molecule has 202 valence electrons. The summed E-state index contributed by atoms with van der Waals surface area (Å²) in [4.78, 5) is 54.6. The summed E-state index contributed by atoms with van der Waals surface area (Å²) in [7, 11) is 7.79. The number of methoxy groups -OCH3 is 1. The second-order valence-corrected chi connectivity index (χ2v) is 6.39. The van der Waals surface area contributed by atoms with Gasteiger partial charge in [0.2, 0.25) is 11.8 Å². The van der Waals surface area contributed by atoms with Crippen molar-refractivity contribution in [3.8, 4) is 0 Å². The van der Waals surface area contributed by atoms with Gasteiger partial charge in [0, 0.05) is 76.5 Å². The molecule has 0 aliphatic rings. The molecule has 2 radical (unpaired) electrons. The zero-order valence-electron chi connectivity index (χ0n) is 21.7. The van der Waals surface area contributed by atoms with Gasteiger partial charge in [0.15, 0.2) is 0 Å². The molecule has 0 bridgehead atoms. The summed E-state index contributed by atoms with van der Waals surface area (Å²) in [6.07, 6.45) is 0. The van der Waals surface area contributed by atoms with Crippen molar-refractivity contribution in [3.05, 3.63) is 84.9 Å². The van der Waals surface area contributed by atoms with E-state index in [2.05, 4.69) is 29.5 Å². The van der Waals surface area contributed by atoms with E-state index in [4.69, 9.17) is 15.2 Å². The molecule has 0 spiro atoms. The predicted octanol–water partition coefficient (Wildman–Crippen LogP) is 1.88. The van der Waals surface area contributed by atoms with Gasteiger partial charge in [-0.2, -0.15) is 0 Å². The summed E-state index contributed by atoms with van der Waals surface area (Å²) < 4.78 is 13.8. The molecule has 0 aliphatic heterocycles. The van der Waals surface area contributed by atoms with Crippen LogP contribution < -0.4 is 16.4 Å². The van der Waals surface area contributed by atoms with Crippen LogP contribution in [0.5, 0.6) is 0 Å². The minimum absolute atomic E-state index is 0. The van der Waals surface area contributed by atoms with Gasteiger partial charge < -0.3 is 30.6 Å². The van der Waals surface area contributed by atoms with Crippen molar-refractivity contribution in [2.75, 3.05) is 26.9 Å². The summed E-state index contributed by atoms with van der Waals surface area (Å²) in [6.45, 7) is 4.11. The first-order valence-electron chi connectivity index (χ1n) is 10.6. The maximum absolute atomic E-state index is 11.3. The molecule has 11 nitrogen and oxygen atoms in total. The van der Waals surface area contributed by atoms with Gasteiger partial charge in [-0.15, -0.1) is 0 Å². The fourth-order valence-corrected chi connectivity index (χ4v) is 2.23. The van der Waals surface area contributed by atoms with Crippen molar-refractivity contribution in [1.82, 2.24) is 10.6 Å². The van der Waals surface area contributed by atoms with Gasteiger partial charge in [-0.1, -0.05) is 0 Å². The van der Waals surface area contributed by atoms with Gasteiger partial charge in [0.05, 0.1) is 38.0 Å². The molecule has 2 aromatic carbocycles. The Hall–Kier alpha value is -2.04. The molecule has 2 aromatic rings. The Kier molecular flexibility index (Phi) is 25.6. The van der Waals surface area contributed by atoms with Gasteiger partial charge in [-0.25, -0.2) is 9.59 Å². The number of carbonyl (C=O) groups is 5. The van der Waals surface area contributed by atoms with Crippen LogP contribution in [0.3, 0.4) is 0 Å². The van der Waals surface area contributed by atoms with Crippen LogP contribution in [0.4, 0.5) is 0 Å². The average Bonchev–Trinajstić information content (AvgIpc) is 2.92. The van der Waals surface area contributed by atoms with Crippen LogP contribution in [0.1, 0.15) is 55.3 Å². The van der Waals surface area contributed by atoms with Crippen LogP contribution in [0, 0.1) is 14.1 Å². The third-order valence-corrected chi connectivity index (χ3v) is 4.03. The standard InChI is InChI=1S/C12H14O4.C10H10N2O2.C3H7NO2.2Y/c1-3-15-11(13)9-5-7-10(8-6-9)12(14)16-4-2;1-11-9(13)7-3-5-8(6-4-7)10(14)12-2;1-6-3(5)2-4;;/h5-8H,3-4H2,1-2H3;3-6H,1-2H2,(H,11,13)(H,12,14);2,4H2,1H3;;/q;-2;;;. The number of amides is 2. The number of esters is 3. The summed E-state index contributed by atoms with van der Waals surface area (Å²) >= 11 is 0. The first-order chi connectivity index (χ1) is 17.2. The summed E-state index contributed by atoms with van der Waals surface area (Å²) in [5, 5.41) is 4.48. The smallest absolute Gasteiger partial charge is 0.338 e. The van der Waals surface area contributed by atoms with E-state index in [0.717, 1.165) is 0 Å². The second-order valence-electron chi connectivity index (χ2n) is 6.39. The summed E-state index contributed by atoms with van der Waals surface area (Å²) in [5.74, 6) is -1.73. The Morgan fingerprint density at radius 2 is 0.974 bits per heavy atom. The molecule has 38 heavy (non-hydrogen) atoms. The topological polar surface area (TPSA) is 163 Å². The van der Waals surface area contributed by atoms with Gasteiger partial charge in [0.1, 0.15) is 0 Å².